The molecule has 0 aliphatic heterocycles. The molecule has 6 heteroatoms. The highest BCUT2D eigenvalue weighted by Gasteiger charge is 1.90. The van der Waals surface area contributed by atoms with Gasteiger partial charge in [0, 0.05) is 0 Å². The van der Waals surface area contributed by atoms with Crippen LogP contribution in [0.2, 0.25) is 0 Å². The molecular weight excluding hydrogens is 158 g/mol. The molecule has 0 aromatic carbocycles. The zero-order chi connectivity index (χ0) is 4.50. The summed E-state index contributed by atoms with van der Waals surface area (Å²) in [6.07, 6.45) is 0. The van der Waals surface area contributed by atoms with Gasteiger partial charge in [0.2, 0.25) is 5.69 Å². The van der Waals surface area contributed by atoms with Crippen LogP contribution in [0, 0.1) is 0 Å². The summed E-state index contributed by atoms with van der Waals surface area (Å²) >= 11 is 7.07. The molecule has 2 nitrogen and oxygen atoms in total. The topological polar surface area (TPSA) is 40.5 Å². The van der Waals surface area contributed by atoms with E-state index in [2.05, 4.69) is 24.1 Å². The van der Waals surface area contributed by atoms with E-state index in [0.717, 1.165) is 0 Å². The second-order valence-corrected chi connectivity index (χ2v) is 5.55. The first-order valence-electron chi connectivity index (χ1n) is 0.783. The SMILES string of the molecule is OP(O)(=S)S.P. The van der Waals surface area contributed by atoms with Gasteiger partial charge in [-0.15, -0.1) is 0 Å². The number of hydrogen-bond acceptors (Lipinski definition) is 1. The van der Waals surface area contributed by atoms with Crippen LogP contribution < -0.4 is 0 Å². The summed E-state index contributed by atoms with van der Waals surface area (Å²) in [5.41, 5.74) is -3.11. The predicted molar refractivity (Wildman–Crippen MR) is 38.8 cm³/mol. The molecule has 0 aliphatic carbocycles. The van der Waals surface area contributed by atoms with E-state index in [0.29, 0.717) is 0 Å². The van der Waals surface area contributed by atoms with Crippen LogP contribution in [0.25, 0.3) is 0 Å². The molecule has 1 unspecified atom stereocenters. The van der Waals surface area contributed by atoms with Crippen molar-refractivity contribution in [2.45, 2.75) is 0 Å². The highest BCUT2D eigenvalue weighted by Crippen LogP contribution is 2.39. The number of hydrogen-bond donors (Lipinski definition) is 3. The molecule has 0 aliphatic rings. The monoisotopic (exact) mass is 164 g/mol. The molecule has 2 N–H and O–H groups in total. The minimum absolute atomic E-state index is 0. The average Bonchev–Trinajstić information content (AvgIpc) is 0.722. The van der Waals surface area contributed by atoms with E-state index in [1.165, 1.54) is 0 Å². The highest BCUT2D eigenvalue weighted by atomic mass is 32.9. The van der Waals surface area contributed by atoms with Crippen molar-refractivity contribution in [3.05, 3.63) is 0 Å². The van der Waals surface area contributed by atoms with Crippen LogP contribution in [0.15, 0.2) is 0 Å². The lowest BCUT2D eigenvalue weighted by atomic mass is 15.9. The third-order valence-electron chi connectivity index (χ3n) is 0. The van der Waals surface area contributed by atoms with E-state index < -0.39 is 5.69 Å². The molecule has 0 bridgehead atoms. The van der Waals surface area contributed by atoms with Crippen molar-refractivity contribution in [3.63, 3.8) is 0 Å². The molecule has 0 amide bonds. The van der Waals surface area contributed by atoms with Crippen LogP contribution in [0.3, 0.4) is 0 Å². The molecule has 0 heterocycles. The smallest absolute Gasteiger partial charge is 0.239 e. The van der Waals surface area contributed by atoms with Crippen molar-refractivity contribution in [1.29, 1.82) is 0 Å². The molecule has 6 heavy (non-hydrogen) atoms. The Balaban J connectivity index is 0. The largest absolute Gasteiger partial charge is 0.338 e. The van der Waals surface area contributed by atoms with Gasteiger partial charge in [-0.1, -0.05) is 12.2 Å². The molecule has 0 aromatic heterocycles. The van der Waals surface area contributed by atoms with Gasteiger partial charge in [-0.2, -0.15) is 9.90 Å². The fourth-order valence-electron chi connectivity index (χ4n) is 0. The maximum absolute atomic E-state index is 7.87. The van der Waals surface area contributed by atoms with Crippen molar-refractivity contribution >= 4 is 39.6 Å². The van der Waals surface area contributed by atoms with Gasteiger partial charge >= 0.3 is 0 Å². The molecule has 0 saturated carbocycles. The third-order valence-corrected chi connectivity index (χ3v) is 0. The Bertz CT molecular complexity index is 55.7. The molecule has 0 saturated heterocycles. The Morgan fingerprint density at radius 1 is 1.50 bits per heavy atom. The number of rotatable bonds is 0. The molecule has 0 spiro atoms. The summed E-state index contributed by atoms with van der Waals surface area (Å²) in [5, 5.41) is 0. The van der Waals surface area contributed by atoms with Crippen molar-refractivity contribution in [2.75, 3.05) is 0 Å². The molecule has 0 fully saturated rings. The minimum Gasteiger partial charge on any atom is -0.338 e. The van der Waals surface area contributed by atoms with Crippen LogP contribution >= 0.6 is 27.8 Å². The van der Waals surface area contributed by atoms with E-state index in [-0.39, 0.29) is 9.90 Å². The molecule has 0 aromatic rings. The van der Waals surface area contributed by atoms with Crippen molar-refractivity contribution in [1.82, 2.24) is 0 Å². The Hall–Kier alpha value is 1.35. The van der Waals surface area contributed by atoms with Crippen molar-refractivity contribution in [2.24, 2.45) is 0 Å². The van der Waals surface area contributed by atoms with Gasteiger partial charge in [0.05, 0.1) is 0 Å². The first kappa shape index (κ1) is 10.4. The Morgan fingerprint density at radius 2 is 1.50 bits per heavy atom. The standard InChI is InChI=1S/H3O2PS2.H3P/c1-3(2,4)5;/h(H3,1,2,4,5);1H3. The van der Waals surface area contributed by atoms with Crippen LogP contribution in [0.4, 0.5) is 0 Å². The second kappa shape index (κ2) is 3.36. The highest BCUT2D eigenvalue weighted by molar-refractivity contribution is 8.59. The minimum atomic E-state index is -3.11. The zero-order valence-electron chi connectivity index (χ0n) is 2.90. The second-order valence-electron chi connectivity index (χ2n) is 0.513. The molecule has 0 radical (unpaired) electrons. The van der Waals surface area contributed by atoms with Crippen LogP contribution in [0.5, 0.6) is 0 Å². The maximum Gasteiger partial charge on any atom is 0.239 e. The lowest BCUT2D eigenvalue weighted by Crippen LogP contribution is -1.53. The maximum atomic E-state index is 7.87. The van der Waals surface area contributed by atoms with Crippen LogP contribution in [0.1, 0.15) is 0 Å². The summed E-state index contributed by atoms with van der Waals surface area (Å²) in [5.74, 6) is 0. The lowest BCUT2D eigenvalue weighted by Gasteiger charge is -1.88. The van der Waals surface area contributed by atoms with Gasteiger partial charge in [-0.05, 0) is 11.8 Å². The van der Waals surface area contributed by atoms with Gasteiger partial charge < -0.3 is 9.79 Å². The first-order chi connectivity index (χ1) is 2.00. The summed E-state index contributed by atoms with van der Waals surface area (Å²) in [4.78, 5) is 15.7. The van der Waals surface area contributed by atoms with Crippen LogP contribution in [-0.2, 0) is 11.8 Å². The van der Waals surface area contributed by atoms with Gasteiger partial charge in [-0.3, -0.25) is 0 Å². The van der Waals surface area contributed by atoms with Gasteiger partial charge in [0.1, 0.15) is 0 Å². The normalized spacial score (nSPS) is 9.83. The average molecular weight is 164 g/mol. The summed E-state index contributed by atoms with van der Waals surface area (Å²) < 4.78 is 0. The van der Waals surface area contributed by atoms with Crippen LogP contribution in [-0.4, -0.2) is 9.79 Å². The molecule has 40 valence electrons. The fourth-order valence-corrected chi connectivity index (χ4v) is 0. The fraction of sp³-hybridized carbons (Fsp3) is 0. The van der Waals surface area contributed by atoms with E-state index >= 15 is 0 Å². The van der Waals surface area contributed by atoms with E-state index in [4.69, 9.17) is 9.79 Å². The Labute approximate surface area is 49.9 Å². The molecular formula is H6O2P2S2. The Kier molecular flexibility index (Phi) is 5.81. The summed E-state index contributed by atoms with van der Waals surface area (Å²) in [6.45, 7) is 0. The lowest BCUT2D eigenvalue weighted by molar-refractivity contribution is 0.503. The van der Waals surface area contributed by atoms with Gasteiger partial charge in [-0.25, -0.2) is 0 Å². The zero-order valence-corrected chi connectivity index (χ0v) is 6.92. The predicted octanol–water partition coefficient (Wildman–Crippen LogP) is 0.183. The quantitative estimate of drug-likeness (QED) is 0.353. The van der Waals surface area contributed by atoms with Gasteiger partial charge in [0.15, 0.2) is 0 Å². The first-order valence-corrected chi connectivity index (χ1v) is 4.64. The van der Waals surface area contributed by atoms with Crippen molar-refractivity contribution in [3.8, 4) is 0 Å². The van der Waals surface area contributed by atoms with E-state index in [1.54, 1.807) is 0 Å². The molecule has 0 rings (SSSR count). The van der Waals surface area contributed by atoms with Gasteiger partial charge in [0.25, 0.3) is 0 Å². The van der Waals surface area contributed by atoms with E-state index in [1.807, 2.05) is 0 Å². The van der Waals surface area contributed by atoms with Crippen molar-refractivity contribution < 1.29 is 9.79 Å². The molecule has 1 atom stereocenters. The summed E-state index contributed by atoms with van der Waals surface area (Å²) in [6, 6.07) is 0. The Morgan fingerprint density at radius 3 is 1.50 bits per heavy atom. The van der Waals surface area contributed by atoms with E-state index in [9.17, 15) is 0 Å². The summed E-state index contributed by atoms with van der Waals surface area (Å²) in [7, 11) is 0. The third kappa shape index (κ3) is 55.5. The number of thiol groups is 1.